The number of thioether (sulfide) groups is 1. The SMILES string of the molecule is CCNc1cccc(CN2CCSCC2C)n1. The lowest BCUT2D eigenvalue weighted by Crippen LogP contribution is -2.39. The van der Waals surface area contributed by atoms with E-state index in [0.717, 1.165) is 18.9 Å². The molecule has 2 rings (SSSR count). The molecule has 1 aromatic rings. The molecule has 0 aliphatic carbocycles. The van der Waals surface area contributed by atoms with Crippen LogP contribution in [0, 0.1) is 0 Å². The molecule has 4 heteroatoms. The van der Waals surface area contributed by atoms with Crippen LogP contribution in [0.4, 0.5) is 5.82 Å². The molecular weight excluding hydrogens is 230 g/mol. The Morgan fingerprint density at radius 1 is 1.53 bits per heavy atom. The Morgan fingerprint density at radius 2 is 2.41 bits per heavy atom. The van der Waals surface area contributed by atoms with Crippen LogP contribution in [0.5, 0.6) is 0 Å². The van der Waals surface area contributed by atoms with Crippen molar-refractivity contribution in [1.29, 1.82) is 0 Å². The largest absolute Gasteiger partial charge is 0.370 e. The van der Waals surface area contributed by atoms with E-state index in [-0.39, 0.29) is 0 Å². The highest BCUT2D eigenvalue weighted by atomic mass is 32.2. The normalized spacial score (nSPS) is 21.4. The average Bonchev–Trinajstić information content (AvgIpc) is 2.33. The Kier molecular flexibility index (Phi) is 4.68. The Labute approximate surface area is 108 Å². The lowest BCUT2D eigenvalue weighted by molar-refractivity contribution is 0.221. The summed E-state index contributed by atoms with van der Waals surface area (Å²) in [7, 11) is 0. The molecule has 0 spiro atoms. The Bertz CT molecular complexity index is 356. The molecule has 1 saturated heterocycles. The minimum absolute atomic E-state index is 0.665. The number of hydrogen-bond acceptors (Lipinski definition) is 4. The van der Waals surface area contributed by atoms with Gasteiger partial charge in [-0.2, -0.15) is 11.8 Å². The highest BCUT2D eigenvalue weighted by Crippen LogP contribution is 2.18. The third-order valence-electron chi connectivity index (χ3n) is 3.03. The molecule has 1 atom stereocenters. The van der Waals surface area contributed by atoms with Crippen LogP contribution in [0.3, 0.4) is 0 Å². The monoisotopic (exact) mass is 251 g/mol. The van der Waals surface area contributed by atoms with E-state index >= 15 is 0 Å². The predicted molar refractivity (Wildman–Crippen MR) is 75.6 cm³/mol. The summed E-state index contributed by atoms with van der Waals surface area (Å²) in [6.07, 6.45) is 0. The van der Waals surface area contributed by atoms with Crippen LogP contribution in [0.15, 0.2) is 18.2 Å². The Morgan fingerprint density at radius 3 is 3.18 bits per heavy atom. The molecule has 3 nitrogen and oxygen atoms in total. The second kappa shape index (κ2) is 6.26. The molecule has 0 bridgehead atoms. The topological polar surface area (TPSA) is 28.2 Å². The van der Waals surface area contributed by atoms with Gasteiger partial charge in [0.05, 0.1) is 5.69 Å². The molecule has 0 aromatic carbocycles. The summed E-state index contributed by atoms with van der Waals surface area (Å²) >= 11 is 2.05. The zero-order valence-corrected chi connectivity index (χ0v) is 11.5. The predicted octanol–water partition coefficient (Wildman–Crippen LogP) is 2.45. The van der Waals surface area contributed by atoms with Gasteiger partial charge < -0.3 is 5.32 Å². The van der Waals surface area contributed by atoms with Crippen molar-refractivity contribution in [2.24, 2.45) is 0 Å². The van der Waals surface area contributed by atoms with Crippen molar-refractivity contribution in [2.45, 2.75) is 26.4 Å². The lowest BCUT2D eigenvalue weighted by atomic mass is 10.2. The second-order valence-corrected chi connectivity index (χ2v) is 5.59. The van der Waals surface area contributed by atoms with Gasteiger partial charge in [0.25, 0.3) is 0 Å². The highest BCUT2D eigenvalue weighted by molar-refractivity contribution is 7.99. The van der Waals surface area contributed by atoms with Crippen LogP contribution in [0.25, 0.3) is 0 Å². The van der Waals surface area contributed by atoms with Crippen molar-refractivity contribution in [3.63, 3.8) is 0 Å². The highest BCUT2D eigenvalue weighted by Gasteiger charge is 2.18. The summed E-state index contributed by atoms with van der Waals surface area (Å²) in [6.45, 7) is 7.48. The van der Waals surface area contributed by atoms with Gasteiger partial charge in [0, 0.05) is 37.2 Å². The van der Waals surface area contributed by atoms with Crippen LogP contribution in [0.2, 0.25) is 0 Å². The maximum Gasteiger partial charge on any atom is 0.126 e. The fraction of sp³-hybridized carbons (Fsp3) is 0.615. The molecule has 17 heavy (non-hydrogen) atoms. The standard InChI is InChI=1S/C13H21N3S/c1-3-14-13-6-4-5-12(15-13)9-16-7-8-17-10-11(16)2/h4-6,11H,3,7-10H2,1-2H3,(H,14,15). The second-order valence-electron chi connectivity index (χ2n) is 4.44. The van der Waals surface area contributed by atoms with E-state index in [2.05, 4.69) is 52.9 Å². The van der Waals surface area contributed by atoms with Crippen LogP contribution in [-0.4, -0.2) is 40.5 Å². The first-order chi connectivity index (χ1) is 8.29. The smallest absolute Gasteiger partial charge is 0.126 e. The van der Waals surface area contributed by atoms with E-state index in [1.54, 1.807) is 0 Å². The van der Waals surface area contributed by atoms with Gasteiger partial charge in [-0.3, -0.25) is 4.90 Å². The Balaban J connectivity index is 1.99. The van der Waals surface area contributed by atoms with E-state index in [1.165, 1.54) is 23.7 Å². The first kappa shape index (κ1) is 12.7. The average molecular weight is 251 g/mol. The van der Waals surface area contributed by atoms with E-state index in [0.29, 0.717) is 6.04 Å². The zero-order chi connectivity index (χ0) is 12.1. The number of pyridine rings is 1. The maximum absolute atomic E-state index is 4.63. The van der Waals surface area contributed by atoms with Gasteiger partial charge in [-0.25, -0.2) is 4.98 Å². The van der Waals surface area contributed by atoms with Crippen molar-refractivity contribution in [3.05, 3.63) is 23.9 Å². The molecule has 1 aliphatic heterocycles. The zero-order valence-electron chi connectivity index (χ0n) is 10.6. The van der Waals surface area contributed by atoms with Crippen molar-refractivity contribution in [2.75, 3.05) is 29.9 Å². The summed E-state index contributed by atoms with van der Waals surface area (Å²) in [5, 5.41) is 3.26. The fourth-order valence-corrected chi connectivity index (χ4v) is 3.13. The summed E-state index contributed by atoms with van der Waals surface area (Å²) in [5.41, 5.74) is 1.17. The van der Waals surface area contributed by atoms with Gasteiger partial charge in [0.2, 0.25) is 0 Å². The van der Waals surface area contributed by atoms with Gasteiger partial charge in [-0.1, -0.05) is 6.07 Å². The Hall–Kier alpha value is -0.740. The first-order valence-corrected chi connectivity index (χ1v) is 7.46. The van der Waals surface area contributed by atoms with Gasteiger partial charge >= 0.3 is 0 Å². The van der Waals surface area contributed by atoms with Crippen LogP contribution in [-0.2, 0) is 6.54 Å². The quantitative estimate of drug-likeness (QED) is 0.890. The summed E-state index contributed by atoms with van der Waals surface area (Å²) in [4.78, 5) is 7.15. The molecule has 0 saturated carbocycles. The van der Waals surface area contributed by atoms with Gasteiger partial charge in [0.15, 0.2) is 0 Å². The van der Waals surface area contributed by atoms with Crippen LogP contribution in [0.1, 0.15) is 19.5 Å². The summed E-state index contributed by atoms with van der Waals surface area (Å²) in [6, 6.07) is 6.90. The maximum atomic E-state index is 4.63. The lowest BCUT2D eigenvalue weighted by Gasteiger charge is -2.32. The number of rotatable bonds is 4. The van der Waals surface area contributed by atoms with E-state index in [9.17, 15) is 0 Å². The summed E-state index contributed by atoms with van der Waals surface area (Å²) < 4.78 is 0. The van der Waals surface area contributed by atoms with Crippen molar-refractivity contribution < 1.29 is 0 Å². The molecule has 1 fully saturated rings. The van der Waals surface area contributed by atoms with Crippen molar-refractivity contribution in [3.8, 4) is 0 Å². The van der Waals surface area contributed by atoms with E-state index in [4.69, 9.17) is 0 Å². The molecule has 0 amide bonds. The minimum Gasteiger partial charge on any atom is -0.370 e. The van der Waals surface area contributed by atoms with Gasteiger partial charge in [0.1, 0.15) is 5.82 Å². The number of anilines is 1. The third-order valence-corrected chi connectivity index (χ3v) is 4.22. The molecule has 1 aliphatic rings. The molecular formula is C13H21N3S. The molecule has 1 N–H and O–H groups in total. The van der Waals surface area contributed by atoms with Crippen molar-refractivity contribution in [1.82, 2.24) is 9.88 Å². The molecule has 0 radical (unpaired) electrons. The molecule has 1 aromatic heterocycles. The van der Waals surface area contributed by atoms with Crippen molar-refractivity contribution >= 4 is 17.6 Å². The van der Waals surface area contributed by atoms with Crippen LogP contribution < -0.4 is 5.32 Å². The first-order valence-electron chi connectivity index (χ1n) is 6.31. The van der Waals surface area contributed by atoms with Crippen LogP contribution >= 0.6 is 11.8 Å². The minimum atomic E-state index is 0.665. The van der Waals surface area contributed by atoms with E-state index in [1.807, 2.05) is 6.07 Å². The number of nitrogens with one attached hydrogen (secondary N) is 1. The third kappa shape index (κ3) is 3.61. The fourth-order valence-electron chi connectivity index (χ4n) is 2.05. The van der Waals surface area contributed by atoms with E-state index < -0.39 is 0 Å². The van der Waals surface area contributed by atoms with Gasteiger partial charge in [-0.15, -0.1) is 0 Å². The number of nitrogens with zero attached hydrogens (tertiary/aromatic N) is 2. The summed E-state index contributed by atoms with van der Waals surface area (Å²) in [5.74, 6) is 3.48. The molecule has 1 unspecified atom stereocenters. The molecule has 2 heterocycles. The van der Waals surface area contributed by atoms with Gasteiger partial charge in [-0.05, 0) is 26.0 Å². The number of hydrogen-bond donors (Lipinski definition) is 1. The number of aromatic nitrogens is 1. The molecule has 94 valence electrons.